The molecule has 0 aliphatic rings. The van der Waals surface area contributed by atoms with Gasteiger partial charge in [-0.1, -0.05) is 75.8 Å². The maximum absolute atomic E-state index is 11.7. The highest BCUT2D eigenvalue weighted by Crippen LogP contribution is 2.08. The van der Waals surface area contributed by atoms with Crippen molar-refractivity contribution in [2.24, 2.45) is 0 Å². The monoisotopic (exact) mass is 570 g/mol. The molecule has 9 heteroatoms. The van der Waals surface area contributed by atoms with E-state index in [1.807, 2.05) is 30.3 Å². The molecular weight excluding hydrogens is 516 g/mol. The molecule has 232 valence electrons. The first-order chi connectivity index (χ1) is 19.8. The molecule has 0 atom stereocenters. The van der Waals surface area contributed by atoms with Gasteiger partial charge in [-0.15, -0.1) is 0 Å². The predicted octanol–water partition coefficient (Wildman–Crippen LogP) is 4.99. The van der Waals surface area contributed by atoms with E-state index in [-0.39, 0.29) is 5.97 Å². The highest BCUT2D eigenvalue weighted by atomic mass is 16.6. The van der Waals surface area contributed by atoms with Crippen molar-refractivity contribution in [1.82, 2.24) is 0 Å². The summed E-state index contributed by atoms with van der Waals surface area (Å²) in [5, 5.41) is 0. The number of hydrogen-bond acceptors (Lipinski definition) is 9. The Labute approximate surface area is 242 Å². The van der Waals surface area contributed by atoms with E-state index in [1.165, 1.54) is 32.1 Å². The second-order valence-corrected chi connectivity index (χ2v) is 9.30. The smallest absolute Gasteiger partial charge is 0.305 e. The van der Waals surface area contributed by atoms with Crippen molar-refractivity contribution < 1.29 is 42.7 Å². The second-order valence-electron chi connectivity index (χ2n) is 9.30. The average Bonchev–Trinajstić information content (AvgIpc) is 2.97. The largest absolute Gasteiger partial charge is 0.463 e. The molecule has 1 aromatic carbocycles. The molecule has 0 saturated heterocycles. The number of carbonyl (C=O) groups excluding carboxylic acids is 1. The first-order valence-electron chi connectivity index (χ1n) is 15.1. The van der Waals surface area contributed by atoms with Crippen LogP contribution in [0.3, 0.4) is 0 Å². The van der Waals surface area contributed by atoms with Gasteiger partial charge in [0.15, 0.2) is 0 Å². The van der Waals surface area contributed by atoms with Crippen LogP contribution in [-0.4, -0.2) is 98.5 Å². The molecule has 0 bridgehead atoms. The Kier molecular flexibility index (Phi) is 27.7. The Bertz CT molecular complexity index is 645. The Balaban J connectivity index is 1.66. The fourth-order valence-corrected chi connectivity index (χ4v) is 3.60. The molecule has 0 aliphatic heterocycles. The Morgan fingerprint density at radius 3 is 1.38 bits per heavy atom. The number of esters is 1. The molecule has 0 amide bonds. The van der Waals surface area contributed by atoms with Crippen LogP contribution in [0, 0.1) is 0 Å². The standard InChI is InChI=1S/C31H54O9/c1-2-3-4-5-6-7-11-14-31(32)40-28-27-38-24-23-36-20-19-34-16-15-33-17-18-35-21-22-37-25-26-39-29-30-12-9-8-10-13-30/h8-10,12-13H,2-7,11,14-29H2,1H3. The number of unbranched alkanes of at least 4 members (excludes halogenated alkanes) is 6. The van der Waals surface area contributed by atoms with E-state index in [1.54, 1.807) is 0 Å². The highest BCUT2D eigenvalue weighted by Gasteiger charge is 2.02. The first-order valence-corrected chi connectivity index (χ1v) is 15.1. The lowest BCUT2D eigenvalue weighted by Crippen LogP contribution is -2.15. The first kappa shape index (κ1) is 36.4. The van der Waals surface area contributed by atoms with Gasteiger partial charge >= 0.3 is 5.97 Å². The van der Waals surface area contributed by atoms with Crippen LogP contribution in [0.15, 0.2) is 30.3 Å². The molecule has 0 N–H and O–H groups in total. The number of ether oxygens (including phenoxy) is 8. The van der Waals surface area contributed by atoms with Gasteiger partial charge in [-0.25, -0.2) is 0 Å². The maximum atomic E-state index is 11.7. The maximum Gasteiger partial charge on any atom is 0.305 e. The lowest BCUT2D eigenvalue weighted by molar-refractivity contribution is -0.145. The summed E-state index contributed by atoms with van der Waals surface area (Å²) in [6.07, 6.45) is 8.84. The van der Waals surface area contributed by atoms with Crippen LogP contribution in [0.5, 0.6) is 0 Å². The molecule has 9 nitrogen and oxygen atoms in total. The van der Waals surface area contributed by atoms with Crippen molar-refractivity contribution in [3.8, 4) is 0 Å². The van der Waals surface area contributed by atoms with Gasteiger partial charge < -0.3 is 37.9 Å². The van der Waals surface area contributed by atoms with Gasteiger partial charge in [0.05, 0.1) is 92.5 Å². The summed E-state index contributed by atoms with van der Waals surface area (Å²) in [4.78, 5) is 11.7. The topological polar surface area (TPSA) is 90.9 Å². The van der Waals surface area contributed by atoms with E-state index in [2.05, 4.69) is 6.92 Å². The number of hydrogen-bond donors (Lipinski definition) is 0. The number of benzene rings is 1. The van der Waals surface area contributed by atoms with Crippen LogP contribution in [0.25, 0.3) is 0 Å². The SMILES string of the molecule is CCCCCCCCCC(=O)OCCOCCOCCOCCOCCOCCOCCOCc1ccccc1. The highest BCUT2D eigenvalue weighted by molar-refractivity contribution is 5.69. The second kappa shape index (κ2) is 30.4. The minimum absolute atomic E-state index is 0.135. The summed E-state index contributed by atoms with van der Waals surface area (Å²) >= 11 is 0. The van der Waals surface area contributed by atoms with Crippen LogP contribution in [0.4, 0.5) is 0 Å². The summed E-state index contributed by atoms with van der Waals surface area (Å²) in [7, 11) is 0. The van der Waals surface area contributed by atoms with Crippen molar-refractivity contribution in [2.45, 2.75) is 64.9 Å². The molecule has 40 heavy (non-hydrogen) atoms. The van der Waals surface area contributed by atoms with E-state index in [9.17, 15) is 4.79 Å². The third-order valence-electron chi connectivity index (χ3n) is 5.82. The lowest BCUT2D eigenvalue weighted by Gasteiger charge is -2.09. The molecule has 0 saturated carbocycles. The normalized spacial score (nSPS) is 11.2. The van der Waals surface area contributed by atoms with E-state index >= 15 is 0 Å². The summed E-state index contributed by atoms with van der Waals surface area (Å²) in [6.45, 7) is 9.70. The van der Waals surface area contributed by atoms with Crippen molar-refractivity contribution in [3.05, 3.63) is 35.9 Å². The molecule has 1 rings (SSSR count). The summed E-state index contributed by atoms with van der Waals surface area (Å²) < 4.78 is 43.5. The van der Waals surface area contributed by atoms with E-state index in [0.29, 0.717) is 106 Å². The zero-order valence-electron chi connectivity index (χ0n) is 24.8. The molecule has 0 spiro atoms. The van der Waals surface area contributed by atoms with Crippen LogP contribution in [-0.2, 0) is 49.3 Å². The third-order valence-corrected chi connectivity index (χ3v) is 5.82. The van der Waals surface area contributed by atoms with Gasteiger partial charge in [-0.2, -0.15) is 0 Å². The summed E-state index contributed by atoms with van der Waals surface area (Å²) in [5.41, 5.74) is 1.16. The average molecular weight is 571 g/mol. The molecule has 0 aliphatic carbocycles. The zero-order chi connectivity index (χ0) is 28.6. The van der Waals surface area contributed by atoms with Gasteiger partial charge in [0, 0.05) is 6.42 Å². The minimum Gasteiger partial charge on any atom is -0.463 e. The van der Waals surface area contributed by atoms with Crippen molar-refractivity contribution in [2.75, 3.05) is 92.5 Å². The number of rotatable bonds is 31. The molecule has 1 aromatic rings. The molecule has 0 aromatic heterocycles. The van der Waals surface area contributed by atoms with Crippen molar-refractivity contribution in [3.63, 3.8) is 0 Å². The van der Waals surface area contributed by atoms with E-state index < -0.39 is 0 Å². The Morgan fingerprint density at radius 2 is 0.900 bits per heavy atom. The third kappa shape index (κ3) is 26.6. The quantitative estimate of drug-likeness (QED) is 0.0905. The van der Waals surface area contributed by atoms with Crippen LogP contribution >= 0.6 is 0 Å². The van der Waals surface area contributed by atoms with Crippen molar-refractivity contribution in [1.29, 1.82) is 0 Å². The molecule has 0 radical (unpaired) electrons. The summed E-state index contributed by atoms with van der Waals surface area (Å²) in [6, 6.07) is 10.1. The fourth-order valence-electron chi connectivity index (χ4n) is 3.60. The Morgan fingerprint density at radius 1 is 0.500 bits per heavy atom. The van der Waals surface area contributed by atoms with Gasteiger partial charge in [0.1, 0.15) is 6.61 Å². The summed E-state index contributed by atoms with van der Waals surface area (Å²) in [5.74, 6) is -0.135. The van der Waals surface area contributed by atoms with Crippen LogP contribution < -0.4 is 0 Å². The minimum atomic E-state index is -0.135. The molecule has 0 unspecified atom stereocenters. The van der Waals surface area contributed by atoms with Crippen LogP contribution in [0.1, 0.15) is 63.9 Å². The predicted molar refractivity (Wildman–Crippen MR) is 155 cm³/mol. The van der Waals surface area contributed by atoms with Gasteiger partial charge in [0.25, 0.3) is 0 Å². The van der Waals surface area contributed by atoms with Gasteiger partial charge in [-0.05, 0) is 12.0 Å². The van der Waals surface area contributed by atoms with Crippen molar-refractivity contribution >= 4 is 5.97 Å². The molecular formula is C31H54O9. The van der Waals surface area contributed by atoms with Crippen LogP contribution in [0.2, 0.25) is 0 Å². The van der Waals surface area contributed by atoms with E-state index in [4.69, 9.17) is 37.9 Å². The molecule has 0 fully saturated rings. The zero-order valence-corrected chi connectivity index (χ0v) is 24.8. The Hall–Kier alpha value is -1.59. The van der Waals surface area contributed by atoms with Gasteiger partial charge in [0.2, 0.25) is 0 Å². The van der Waals surface area contributed by atoms with Gasteiger partial charge in [-0.3, -0.25) is 4.79 Å². The fraction of sp³-hybridized carbons (Fsp3) is 0.774. The van der Waals surface area contributed by atoms with E-state index in [0.717, 1.165) is 18.4 Å². The lowest BCUT2D eigenvalue weighted by atomic mass is 10.1. The molecule has 0 heterocycles. The number of carbonyl (C=O) groups is 1.